The molecule has 0 radical (unpaired) electrons. The minimum Gasteiger partial charge on any atom is -0.487 e. The monoisotopic (exact) mass is 263 g/mol. The predicted octanol–water partition coefficient (Wildman–Crippen LogP) is 1.06. The van der Waals surface area contributed by atoms with E-state index in [0.29, 0.717) is 19.0 Å². The Bertz CT molecular complexity index is 488. The molecular formula is C13H17N3O3. The highest BCUT2D eigenvalue weighted by Crippen LogP contribution is 2.14. The highest BCUT2D eigenvalue weighted by Gasteiger charge is 2.17. The number of ether oxygens (including phenoxy) is 2. The third-order valence-corrected chi connectivity index (χ3v) is 2.65. The average Bonchev–Trinajstić information content (AvgIpc) is 2.41. The van der Waals surface area contributed by atoms with Crippen molar-refractivity contribution in [1.29, 1.82) is 0 Å². The van der Waals surface area contributed by atoms with Gasteiger partial charge in [-0.15, -0.1) is 0 Å². The van der Waals surface area contributed by atoms with Crippen molar-refractivity contribution < 1.29 is 14.3 Å². The number of carbonyl (C=O) groups is 1. The summed E-state index contributed by atoms with van der Waals surface area (Å²) in [6.07, 6.45) is -0.589. The molecule has 6 heteroatoms. The van der Waals surface area contributed by atoms with Crippen molar-refractivity contribution >= 4 is 12.1 Å². The Hall–Kier alpha value is -2.24. The van der Waals surface area contributed by atoms with Gasteiger partial charge in [-0.3, -0.25) is 5.32 Å². The molecule has 0 fully saturated rings. The zero-order chi connectivity index (χ0) is 13.7. The Morgan fingerprint density at radius 1 is 1.53 bits per heavy atom. The van der Waals surface area contributed by atoms with Crippen molar-refractivity contribution in [2.45, 2.75) is 13.0 Å². The first kappa shape index (κ1) is 13.2. The van der Waals surface area contributed by atoms with Crippen LogP contribution in [0.4, 0.5) is 4.79 Å². The summed E-state index contributed by atoms with van der Waals surface area (Å²) in [6, 6.07) is 7.86. The first-order valence-electron chi connectivity index (χ1n) is 6.04. The number of rotatable bonds is 2. The van der Waals surface area contributed by atoms with Gasteiger partial charge in [0, 0.05) is 0 Å². The Kier molecular flexibility index (Phi) is 4.22. The highest BCUT2D eigenvalue weighted by molar-refractivity contribution is 5.94. The minimum atomic E-state index is -0.538. The van der Waals surface area contributed by atoms with Crippen LogP contribution in [0.1, 0.15) is 5.56 Å². The number of aliphatic imine (C=N–C) groups is 1. The van der Waals surface area contributed by atoms with Crippen LogP contribution in [0.3, 0.4) is 0 Å². The summed E-state index contributed by atoms with van der Waals surface area (Å²) >= 11 is 0. The van der Waals surface area contributed by atoms with Gasteiger partial charge in [0.1, 0.15) is 11.9 Å². The summed E-state index contributed by atoms with van der Waals surface area (Å²) in [5, 5.41) is 5.47. The van der Waals surface area contributed by atoms with E-state index in [0.717, 1.165) is 11.3 Å². The van der Waals surface area contributed by atoms with Crippen LogP contribution in [0.5, 0.6) is 5.75 Å². The molecule has 0 saturated heterocycles. The molecule has 1 heterocycles. The molecule has 0 aliphatic carbocycles. The molecule has 102 valence electrons. The zero-order valence-electron chi connectivity index (χ0n) is 11.0. The molecular weight excluding hydrogens is 246 g/mol. The number of aryl methyl sites for hydroxylation is 1. The lowest BCUT2D eigenvalue weighted by molar-refractivity contribution is 0.175. The molecule has 6 nitrogen and oxygen atoms in total. The number of methoxy groups -OCH3 is 1. The summed E-state index contributed by atoms with van der Waals surface area (Å²) in [6.45, 7) is 3.08. The molecule has 1 unspecified atom stereocenters. The topological polar surface area (TPSA) is 72.0 Å². The SMILES string of the molecule is COC(=O)NC1=NCC(Oc2cccc(C)c2)CN1. The third kappa shape index (κ3) is 3.87. The first-order chi connectivity index (χ1) is 9.17. The smallest absolute Gasteiger partial charge is 0.413 e. The molecule has 0 saturated carbocycles. The number of carbonyl (C=O) groups excluding carboxylic acids is 1. The number of hydrogen-bond donors (Lipinski definition) is 2. The fourth-order valence-electron chi connectivity index (χ4n) is 1.72. The summed E-state index contributed by atoms with van der Waals surface area (Å²) in [5.74, 6) is 1.24. The molecule has 1 aromatic carbocycles. The van der Waals surface area contributed by atoms with Gasteiger partial charge < -0.3 is 14.8 Å². The second-order valence-corrected chi connectivity index (χ2v) is 4.24. The van der Waals surface area contributed by atoms with Gasteiger partial charge in [-0.05, 0) is 24.6 Å². The van der Waals surface area contributed by atoms with Gasteiger partial charge in [0.15, 0.2) is 0 Å². The summed E-state index contributed by atoms with van der Waals surface area (Å²) < 4.78 is 10.3. The van der Waals surface area contributed by atoms with Crippen molar-refractivity contribution in [1.82, 2.24) is 10.6 Å². The molecule has 1 aromatic rings. The van der Waals surface area contributed by atoms with Crippen LogP contribution in [-0.2, 0) is 4.74 Å². The van der Waals surface area contributed by atoms with Gasteiger partial charge in [0.25, 0.3) is 0 Å². The van der Waals surface area contributed by atoms with Crippen molar-refractivity contribution in [3.05, 3.63) is 29.8 Å². The quantitative estimate of drug-likeness (QED) is 0.837. The van der Waals surface area contributed by atoms with Crippen LogP contribution in [0.2, 0.25) is 0 Å². The number of hydrogen-bond acceptors (Lipinski definition) is 5. The van der Waals surface area contributed by atoms with Gasteiger partial charge in [0.2, 0.25) is 5.96 Å². The number of guanidine groups is 1. The molecule has 19 heavy (non-hydrogen) atoms. The standard InChI is InChI=1S/C13H17N3O3/c1-9-4-3-5-10(6-9)19-11-7-14-12(15-8-11)16-13(17)18-2/h3-6,11H,7-8H2,1-2H3,(H2,14,15,16,17). The van der Waals surface area contributed by atoms with E-state index < -0.39 is 6.09 Å². The molecule has 0 bridgehead atoms. The van der Waals surface area contributed by atoms with Crippen LogP contribution < -0.4 is 15.4 Å². The van der Waals surface area contributed by atoms with Gasteiger partial charge >= 0.3 is 6.09 Å². The molecule has 1 aliphatic heterocycles. The van der Waals surface area contributed by atoms with Gasteiger partial charge in [-0.1, -0.05) is 12.1 Å². The van der Waals surface area contributed by atoms with Crippen molar-refractivity contribution in [3.8, 4) is 5.75 Å². The van der Waals surface area contributed by atoms with E-state index in [-0.39, 0.29) is 6.10 Å². The number of nitrogens with zero attached hydrogens (tertiary/aromatic N) is 1. The lowest BCUT2D eigenvalue weighted by Crippen LogP contribution is -2.49. The van der Waals surface area contributed by atoms with Gasteiger partial charge in [-0.2, -0.15) is 0 Å². The van der Waals surface area contributed by atoms with E-state index in [9.17, 15) is 4.79 Å². The Balaban J connectivity index is 1.87. The molecule has 1 atom stereocenters. The fourth-order valence-corrected chi connectivity index (χ4v) is 1.72. The van der Waals surface area contributed by atoms with Crippen LogP contribution in [-0.4, -0.2) is 38.4 Å². The number of benzene rings is 1. The summed E-state index contributed by atoms with van der Waals surface area (Å²) in [5.41, 5.74) is 1.15. The molecule has 0 spiro atoms. The lowest BCUT2D eigenvalue weighted by Gasteiger charge is -2.23. The largest absolute Gasteiger partial charge is 0.487 e. The van der Waals surface area contributed by atoms with Crippen LogP contribution in [0, 0.1) is 6.92 Å². The second-order valence-electron chi connectivity index (χ2n) is 4.24. The van der Waals surface area contributed by atoms with Crippen molar-refractivity contribution in [2.24, 2.45) is 4.99 Å². The third-order valence-electron chi connectivity index (χ3n) is 2.65. The molecule has 0 aromatic heterocycles. The molecule has 2 rings (SSSR count). The highest BCUT2D eigenvalue weighted by atomic mass is 16.5. The first-order valence-corrected chi connectivity index (χ1v) is 6.04. The predicted molar refractivity (Wildman–Crippen MR) is 71.4 cm³/mol. The minimum absolute atomic E-state index is 0.0509. The second kappa shape index (κ2) is 6.08. The maximum atomic E-state index is 11.0. The van der Waals surface area contributed by atoms with E-state index in [4.69, 9.17) is 4.74 Å². The molecule has 1 amide bonds. The van der Waals surface area contributed by atoms with Crippen LogP contribution in [0.25, 0.3) is 0 Å². The van der Waals surface area contributed by atoms with Crippen molar-refractivity contribution in [3.63, 3.8) is 0 Å². The van der Waals surface area contributed by atoms with Crippen molar-refractivity contribution in [2.75, 3.05) is 20.2 Å². The number of nitrogens with one attached hydrogen (secondary N) is 2. The summed E-state index contributed by atoms with van der Waals surface area (Å²) in [4.78, 5) is 15.2. The molecule has 2 N–H and O–H groups in total. The van der Waals surface area contributed by atoms with E-state index in [2.05, 4.69) is 20.4 Å². The van der Waals surface area contributed by atoms with Gasteiger partial charge in [-0.25, -0.2) is 9.79 Å². The maximum Gasteiger partial charge on any atom is 0.413 e. The van der Waals surface area contributed by atoms with Crippen LogP contribution in [0.15, 0.2) is 29.3 Å². The fraction of sp³-hybridized carbons (Fsp3) is 0.385. The summed E-state index contributed by atoms with van der Waals surface area (Å²) in [7, 11) is 1.31. The Morgan fingerprint density at radius 2 is 2.37 bits per heavy atom. The van der Waals surface area contributed by atoms with Gasteiger partial charge in [0.05, 0.1) is 20.2 Å². The normalized spacial score (nSPS) is 18.0. The van der Waals surface area contributed by atoms with Crippen LogP contribution >= 0.6 is 0 Å². The number of amides is 1. The average molecular weight is 263 g/mol. The number of alkyl carbamates (subject to hydrolysis) is 1. The van der Waals surface area contributed by atoms with E-state index in [1.54, 1.807) is 0 Å². The molecule has 1 aliphatic rings. The maximum absolute atomic E-state index is 11.0. The van der Waals surface area contributed by atoms with E-state index in [1.807, 2.05) is 31.2 Å². The Labute approximate surface area is 111 Å². The lowest BCUT2D eigenvalue weighted by atomic mass is 10.2. The van der Waals surface area contributed by atoms with E-state index in [1.165, 1.54) is 7.11 Å². The van der Waals surface area contributed by atoms with E-state index >= 15 is 0 Å². The Morgan fingerprint density at radius 3 is 3.00 bits per heavy atom. The zero-order valence-corrected chi connectivity index (χ0v) is 11.0.